The quantitative estimate of drug-likeness (QED) is 0.484. The zero-order valence-corrected chi connectivity index (χ0v) is 6.89. The molecular weight excluding hydrogens is 172 g/mol. The van der Waals surface area contributed by atoms with E-state index in [1.165, 1.54) is 0 Å². The van der Waals surface area contributed by atoms with Gasteiger partial charge in [0.2, 0.25) is 0 Å². The summed E-state index contributed by atoms with van der Waals surface area (Å²) in [6, 6.07) is 6.65. The Morgan fingerprint density at radius 1 is 1.33 bits per heavy atom. The lowest BCUT2D eigenvalue weighted by molar-refractivity contribution is 1.55. The third kappa shape index (κ3) is 2.20. The minimum Gasteiger partial charge on any atom is -0.399 e. The van der Waals surface area contributed by atoms with E-state index in [9.17, 15) is 0 Å². The molecule has 0 heterocycles. The molecule has 0 aromatic heterocycles. The Morgan fingerprint density at radius 3 is 2.67 bits per heavy atom. The Balaban J connectivity index is 3.11. The third-order valence-corrected chi connectivity index (χ3v) is 1.40. The van der Waals surface area contributed by atoms with Crippen molar-refractivity contribution in [3.8, 4) is 17.9 Å². The molecule has 0 bridgehead atoms. The lowest BCUT2D eigenvalue weighted by atomic mass is 10.2. The van der Waals surface area contributed by atoms with Gasteiger partial charge in [-0.25, -0.2) is 0 Å². The molecule has 2 nitrogen and oxygen atoms in total. The van der Waals surface area contributed by atoms with Crippen LogP contribution in [-0.4, -0.2) is 0 Å². The van der Waals surface area contributed by atoms with E-state index in [0.29, 0.717) is 16.3 Å². The van der Waals surface area contributed by atoms with Gasteiger partial charge in [0.15, 0.2) is 6.07 Å². The van der Waals surface area contributed by atoms with Gasteiger partial charge in [0.05, 0.1) is 0 Å². The number of anilines is 1. The van der Waals surface area contributed by atoms with Crippen LogP contribution in [-0.2, 0) is 0 Å². The minimum absolute atomic E-state index is 0.525. The summed E-state index contributed by atoms with van der Waals surface area (Å²) >= 11 is 5.70. The van der Waals surface area contributed by atoms with Gasteiger partial charge < -0.3 is 5.73 Å². The molecule has 0 aliphatic heterocycles. The summed E-state index contributed by atoms with van der Waals surface area (Å²) in [6.45, 7) is 0. The first-order chi connectivity index (χ1) is 5.72. The molecular formula is C9H5ClN2. The number of hydrogen-bond donors (Lipinski definition) is 1. The standard InChI is InChI=1S/C9H5ClN2/c10-8-4-7(2-1-3-11)5-9(12)6-8/h4-6H,12H2. The van der Waals surface area contributed by atoms with E-state index in [2.05, 4.69) is 11.8 Å². The van der Waals surface area contributed by atoms with Crippen LogP contribution in [0.4, 0.5) is 5.69 Å². The Morgan fingerprint density at radius 2 is 2.08 bits per heavy atom. The maximum absolute atomic E-state index is 8.18. The maximum atomic E-state index is 8.18. The maximum Gasteiger partial charge on any atom is 0.152 e. The van der Waals surface area contributed by atoms with Crippen molar-refractivity contribution in [1.29, 1.82) is 5.26 Å². The molecule has 0 atom stereocenters. The second-order valence-corrected chi connectivity index (χ2v) is 2.57. The van der Waals surface area contributed by atoms with Crippen LogP contribution in [0.3, 0.4) is 0 Å². The molecule has 3 heteroatoms. The summed E-state index contributed by atoms with van der Waals surface area (Å²) in [5, 5.41) is 8.70. The zero-order valence-electron chi connectivity index (χ0n) is 6.13. The molecule has 1 rings (SSSR count). The van der Waals surface area contributed by atoms with Gasteiger partial charge in [-0.2, -0.15) is 5.26 Å². The molecule has 0 aliphatic rings. The molecule has 2 N–H and O–H groups in total. The van der Waals surface area contributed by atoms with Crippen molar-refractivity contribution in [3.63, 3.8) is 0 Å². The number of benzene rings is 1. The summed E-state index contributed by atoms with van der Waals surface area (Å²) in [6.07, 6.45) is 0. The first kappa shape index (κ1) is 8.46. The number of nitriles is 1. The van der Waals surface area contributed by atoms with E-state index in [1.54, 1.807) is 24.3 Å². The van der Waals surface area contributed by atoms with Gasteiger partial charge in [0.25, 0.3) is 0 Å². The Bertz CT molecular complexity index is 373. The molecule has 0 amide bonds. The van der Waals surface area contributed by atoms with Gasteiger partial charge in [-0.15, -0.1) is 0 Å². The Kier molecular flexibility index (Phi) is 2.58. The molecule has 0 radical (unpaired) electrons. The van der Waals surface area contributed by atoms with Crippen LogP contribution in [0, 0.1) is 23.2 Å². The summed E-state index contributed by atoms with van der Waals surface area (Å²) in [5.74, 6) is 4.86. The van der Waals surface area contributed by atoms with Crippen LogP contribution in [0.2, 0.25) is 5.02 Å². The first-order valence-corrected chi connectivity index (χ1v) is 3.56. The van der Waals surface area contributed by atoms with Crippen molar-refractivity contribution in [2.75, 3.05) is 5.73 Å². The summed E-state index contributed by atoms with van der Waals surface area (Å²) < 4.78 is 0. The van der Waals surface area contributed by atoms with Gasteiger partial charge in [-0.05, 0) is 18.2 Å². The summed E-state index contributed by atoms with van der Waals surface area (Å²) in [7, 11) is 0. The monoisotopic (exact) mass is 176 g/mol. The van der Waals surface area contributed by atoms with Crippen LogP contribution >= 0.6 is 11.6 Å². The van der Waals surface area contributed by atoms with Crippen LogP contribution in [0.1, 0.15) is 5.56 Å². The van der Waals surface area contributed by atoms with E-state index in [0.717, 1.165) is 0 Å². The molecule has 0 unspecified atom stereocenters. The van der Waals surface area contributed by atoms with Gasteiger partial charge in [-0.1, -0.05) is 17.5 Å². The van der Waals surface area contributed by atoms with E-state index < -0.39 is 0 Å². The van der Waals surface area contributed by atoms with E-state index in [1.807, 2.05) is 0 Å². The fourth-order valence-corrected chi connectivity index (χ4v) is 1.03. The number of rotatable bonds is 0. The molecule has 12 heavy (non-hydrogen) atoms. The Hall–Kier alpha value is -1.64. The average Bonchev–Trinajstić information content (AvgIpc) is 1.99. The molecule has 0 fully saturated rings. The van der Waals surface area contributed by atoms with Gasteiger partial charge in [0, 0.05) is 22.2 Å². The van der Waals surface area contributed by atoms with Gasteiger partial charge >= 0.3 is 0 Å². The third-order valence-electron chi connectivity index (χ3n) is 1.18. The highest BCUT2D eigenvalue weighted by Crippen LogP contribution is 2.15. The topological polar surface area (TPSA) is 49.8 Å². The zero-order chi connectivity index (χ0) is 8.97. The number of nitrogens with two attached hydrogens (primary N) is 1. The van der Waals surface area contributed by atoms with Gasteiger partial charge in [-0.3, -0.25) is 0 Å². The van der Waals surface area contributed by atoms with Crippen LogP contribution in [0.25, 0.3) is 0 Å². The molecule has 0 aliphatic carbocycles. The normalized spacial score (nSPS) is 8.00. The predicted molar refractivity (Wildman–Crippen MR) is 48.4 cm³/mol. The fraction of sp³-hybridized carbons (Fsp3) is 0. The SMILES string of the molecule is N#CC#Cc1cc(N)cc(Cl)c1. The molecule has 0 saturated heterocycles. The largest absolute Gasteiger partial charge is 0.399 e. The highest BCUT2D eigenvalue weighted by atomic mass is 35.5. The smallest absolute Gasteiger partial charge is 0.152 e. The van der Waals surface area contributed by atoms with E-state index in [4.69, 9.17) is 22.6 Å². The molecule has 0 saturated carbocycles. The lowest BCUT2D eigenvalue weighted by Crippen LogP contribution is -1.85. The van der Waals surface area contributed by atoms with Crippen LogP contribution < -0.4 is 5.73 Å². The highest BCUT2D eigenvalue weighted by Gasteiger charge is 1.92. The van der Waals surface area contributed by atoms with Crippen molar-refractivity contribution in [1.82, 2.24) is 0 Å². The van der Waals surface area contributed by atoms with Crippen LogP contribution in [0.15, 0.2) is 18.2 Å². The number of halogens is 1. The number of hydrogen-bond acceptors (Lipinski definition) is 2. The molecule has 1 aromatic carbocycles. The van der Waals surface area contributed by atoms with Crippen molar-refractivity contribution in [3.05, 3.63) is 28.8 Å². The van der Waals surface area contributed by atoms with Crippen LogP contribution in [0.5, 0.6) is 0 Å². The summed E-state index contributed by atoms with van der Waals surface area (Å²) in [5.41, 5.74) is 6.70. The Labute approximate surface area is 75.6 Å². The lowest BCUT2D eigenvalue weighted by Gasteiger charge is -1.95. The summed E-state index contributed by atoms with van der Waals surface area (Å²) in [4.78, 5) is 0. The fourth-order valence-electron chi connectivity index (χ4n) is 0.785. The number of nitrogen functional groups attached to an aromatic ring is 1. The highest BCUT2D eigenvalue weighted by molar-refractivity contribution is 6.30. The predicted octanol–water partition coefficient (Wildman–Crippen LogP) is 1.80. The molecule has 0 spiro atoms. The average molecular weight is 177 g/mol. The van der Waals surface area contributed by atoms with E-state index in [-0.39, 0.29) is 0 Å². The molecule has 1 aromatic rings. The second kappa shape index (κ2) is 3.67. The second-order valence-electron chi connectivity index (χ2n) is 2.14. The molecule has 58 valence electrons. The van der Waals surface area contributed by atoms with Crippen molar-refractivity contribution >= 4 is 17.3 Å². The van der Waals surface area contributed by atoms with Gasteiger partial charge in [0.1, 0.15) is 0 Å². The van der Waals surface area contributed by atoms with E-state index >= 15 is 0 Å². The minimum atomic E-state index is 0.525. The number of nitrogens with zero attached hydrogens (tertiary/aromatic N) is 1. The first-order valence-electron chi connectivity index (χ1n) is 3.18. The van der Waals surface area contributed by atoms with Crippen molar-refractivity contribution < 1.29 is 0 Å². The van der Waals surface area contributed by atoms with Crippen molar-refractivity contribution in [2.45, 2.75) is 0 Å². The van der Waals surface area contributed by atoms with Crippen molar-refractivity contribution in [2.24, 2.45) is 0 Å².